The van der Waals surface area contributed by atoms with E-state index in [2.05, 4.69) is 32.3 Å². The van der Waals surface area contributed by atoms with Crippen molar-refractivity contribution in [2.24, 2.45) is 0 Å². The molecule has 0 saturated heterocycles. The number of ether oxygens (including phenoxy) is 1. The highest BCUT2D eigenvalue weighted by Crippen LogP contribution is 2.25. The van der Waals surface area contributed by atoms with Crippen LogP contribution in [0.5, 0.6) is 0 Å². The van der Waals surface area contributed by atoms with Crippen LogP contribution in [0.1, 0.15) is 31.4 Å². The zero-order chi connectivity index (χ0) is 12.3. The van der Waals surface area contributed by atoms with Crippen molar-refractivity contribution in [3.05, 3.63) is 22.4 Å². The lowest BCUT2D eigenvalue weighted by Crippen LogP contribution is -2.38. The molecule has 1 N–H and O–H groups in total. The van der Waals surface area contributed by atoms with Crippen LogP contribution in [0.2, 0.25) is 0 Å². The minimum absolute atomic E-state index is 0.326. The first kappa shape index (κ1) is 12.8. The highest BCUT2D eigenvalue weighted by atomic mass is 79.9. The summed E-state index contributed by atoms with van der Waals surface area (Å²) < 4.78 is 6.43. The summed E-state index contributed by atoms with van der Waals surface area (Å²) in [6.45, 7) is 2.03. The number of halogens is 1. The molecular formula is C13H19BrN2O. The second-order valence-corrected chi connectivity index (χ2v) is 5.39. The summed E-state index contributed by atoms with van der Waals surface area (Å²) in [5.74, 6) is 0. The second kappa shape index (κ2) is 5.83. The fourth-order valence-corrected chi connectivity index (χ4v) is 2.82. The number of nitrogens with zero attached hydrogens (tertiary/aromatic N) is 1. The van der Waals surface area contributed by atoms with Crippen molar-refractivity contribution in [1.29, 1.82) is 0 Å². The third kappa shape index (κ3) is 3.19. The molecule has 4 heteroatoms. The van der Waals surface area contributed by atoms with E-state index in [4.69, 9.17) is 4.74 Å². The van der Waals surface area contributed by atoms with E-state index in [0.717, 1.165) is 22.4 Å². The van der Waals surface area contributed by atoms with E-state index < -0.39 is 0 Å². The number of hydrogen-bond donors (Lipinski definition) is 1. The van der Waals surface area contributed by atoms with E-state index in [1.165, 1.54) is 19.3 Å². The van der Waals surface area contributed by atoms with Gasteiger partial charge in [0.05, 0.1) is 23.5 Å². The van der Waals surface area contributed by atoms with E-state index in [9.17, 15) is 0 Å². The van der Waals surface area contributed by atoms with Crippen LogP contribution in [0.4, 0.5) is 5.69 Å². The molecule has 0 aromatic carbocycles. The summed E-state index contributed by atoms with van der Waals surface area (Å²) in [5, 5.41) is 3.57. The van der Waals surface area contributed by atoms with Crippen LogP contribution in [-0.2, 0) is 4.74 Å². The molecule has 1 aliphatic carbocycles. The molecule has 0 aliphatic heterocycles. The first-order valence-corrected chi connectivity index (χ1v) is 6.92. The number of nitrogens with one attached hydrogen (secondary N) is 1. The molecule has 3 nitrogen and oxygen atoms in total. The molecule has 17 heavy (non-hydrogen) atoms. The number of rotatable bonds is 3. The molecule has 0 spiro atoms. The number of methoxy groups -OCH3 is 1. The largest absolute Gasteiger partial charge is 0.379 e. The Kier molecular flexibility index (Phi) is 4.40. The van der Waals surface area contributed by atoms with Crippen LogP contribution < -0.4 is 5.32 Å². The first-order valence-electron chi connectivity index (χ1n) is 6.13. The summed E-state index contributed by atoms with van der Waals surface area (Å²) in [6.07, 6.45) is 5.20. The summed E-state index contributed by atoms with van der Waals surface area (Å²) in [6, 6.07) is 4.46. The van der Waals surface area contributed by atoms with Gasteiger partial charge in [-0.3, -0.25) is 0 Å². The maximum atomic E-state index is 5.55. The first-order chi connectivity index (χ1) is 8.20. The Morgan fingerprint density at radius 1 is 1.35 bits per heavy atom. The molecule has 1 fully saturated rings. The van der Waals surface area contributed by atoms with Gasteiger partial charge in [0.25, 0.3) is 0 Å². The SMILES string of the molecule is COC1CCCCC1Nc1ccc(Br)nc1C. The molecule has 94 valence electrons. The Labute approximate surface area is 111 Å². The predicted molar refractivity (Wildman–Crippen MR) is 73.3 cm³/mol. The number of hydrogen-bond acceptors (Lipinski definition) is 3. The number of aryl methyl sites for hydroxylation is 1. The Morgan fingerprint density at radius 2 is 2.12 bits per heavy atom. The fraction of sp³-hybridized carbons (Fsp3) is 0.615. The third-order valence-corrected chi connectivity index (χ3v) is 3.84. The van der Waals surface area contributed by atoms with Crippen LogP contribution in [-0.4, -0.2) is 24.2 Å². The van der Waals surface area contributed by atoms with Gasteiger partial charge in [0.15, 0.2) is 0 Å². The number of anilines is 1. The Hall–Kier alpha value is -0.610. The van der Waals surface area contributed by atoms with Crippen LogP contribution in [0.25, 0.3) is 0 Å². The molecule has 2 rings (SSSR count). The quantitative estimate of drug-likeness (QED) is 0.867. The Bertz CT molecular complexity index is 384. The average molecular weight is 299 g/mol. The zero-order valence-corrected chi connectivity index (χ0v) is 12.0. The van der Waals surface area contributed by atoms with Gasteiger partial charge in [-0.1, -0.05) is 12.8 Å². The number of pyridine rings is 1. The predicted octanol–water partition coefficient (Wildman–Crippen LogP) is 3.52. The maximum Gasteiger partial charge on any atom is 0.106 e. The lowest BCUT2D eigenvalue weighted by atomic mass is 9.92. The molecule has 1 aliphatic rings. The standard InChI is InChI=1S/C13H19BrN2O/c1-9-10(7-8-13(14)15-9)16-11-5-3-4-6-12(11)17-2/h7-8,11-12,16H,3-6H2,1-2H3. The minimum Gasteiger partial charge on any atom is -0.379 e. The van der Waals surface area contributed by atoms with Crippen molar-refractivity contribution >= 4 is 21.6 Å². The van der Waals surface area contributed by atoms with Gasteiger partial charge in [-0.15, -0.1) is 0 Å². The molecule has 2 unspecified atom stereocenters. The highest BCUT2D eigenvalue weighted by Gasteiger charge is 2.25. The fourth-order valence-electron chi connectivity index (χ4n) is 2.43. The minimum atomic E-state index is 0.326. The molecule has 1 saturated carbocycles. The monoisotopic (exact) mass is 298 g/mol. The van der Waals surface area contributed by atoms with Crippen molar-refractivity contribution in [3.63, 3.8) is 0 Å². The Morgan fingerprint density at radius 3 is 2.82 bits per heavy atom. The molecule has 0 radical (unpaired) electrons. The van der Waals surface area contributed by atoms with Crippen molar-refractivity contribution < 1.29 is 4.74 Å². The lowest BCUT2D eigenvalue weighted by Gasteiger charge is -2.32. The van der Waals surface area contributed by atoms with Crippen molar-refractivity contribution in [2.45, 2.75) is 44.8 Å². The van der Waals surface area contributed by atoms with Gasteiger partial charge in [-0.25, -0.2) is 4.98 Å². The average Bonchev–Trinajstić information content (AvgIpc) is 2.33. The molecular weight excluding hydrogens is 280 g/mol. The molecule has 2 atom stereocenters. The molecule has 1 aromatic rings. The van der Waals surface area contributed by atoms with E-state index in [1.54, 1.807) is 7.11 Å². The molecule has 0 bridgehead atoms. The van der Waals surface area contributed by atoms with E-state index in [0.29, 0.717) is 12.1 Å². The van der Waals surface area contributed by atoms with Gasteiger partial charge in [0, 0.05) is 7.11 Å². The van der Waals surface area contributed by atoms with Crippen molar-refractivity contribution in [1.82, 2.24) is 4.98 Å². The topological polar surface area (TPSA) is 34.1 Å². The summed E-state index contributed by atoms with van der Waals surface area (Å²) in [5.41, 5.74) is 2.14. The summed E-state index contributed by atoms with van der Waals surface area (Å²) >= 11 is 3.38. The van der Waals surface area contributed by atoms with Crippen molar-refractivity contribution in [3.8, 4) is 0 Å². The zero-order valence-electron chi connectivity index (χ0n) is 10.4. The normalized spacial score (nSPS) is 24.6. The lowest BCUT2D eigenvalue weighted by molar-refractivity contribution is 0.0606. The van der Waals surface area contributed by atoms with Crippen LogP contribution in [0.15, 0.2) is 16.7 Å². The summed E-state index contributed by atoms with van der Waals surface area (Å²) in [4.78, 5) is 4.40. The Balaban J connectivity index is 2.08. The van der Waals surface area contributed by atoms with Gasteiger partial charge < -0.3 is 10.1 Å². The second-order valence-electron chi connectivity index (χ2n) is 4.58. The van der Waals surface area contributed by atoms with Crippen LogP contribution in [0.3, 0.4) is 0 Å². The summed E-state index contributed by atoms with van der Waals surface area (Å²) in [7, 11) is 1.80. The van der Waals surface area contributed by atoms with E-state index in [1.807, 2.05) is 13.0 Å². The van der Waals surface area contributed by atoms with E-state index in [-0.39, 0.29) is 0 Å². The van der Waals surface area contributed by atoms with Crippen LogP contribution in [0, 0.1) is 6.92 Å². The van der Waals surface area contributed by atoms with Gasteiger partial charge in [0.1, 0.15) is 4.60 Å². The van der Waals surface area contributed by atoms with Gasteiger partial charge in [0.2, 0.25) is 0 Å². The molecule has 1 heterocycles. The molecule has 0 amide bonds. The third-order valence-electron chi connectivity index (χ3n) is 3.40. The number of aromatic nitrogens is 1. The van der Waals surface area contributed by atoms with Crippen LogP contribution >= 0.6 is 15.9 Å². The highest BCUT2D eigenvalue weighted by molar-refractivity contribution is 9.10. The van der Waals surface area contributed by atoms with Crippen molar-refractivity contribution in [2.75, 3.05) is 12.4 Å². The van der Waals surface area contributed by atoms with E-state index >= 15 is 0 Å². The van der Waals surface area contributed by atoms with Gasteiger partial charge in [-0.2, -0.15) is 0 Å². The van der Waals surface area contributed by atoms with Gasteiger partial charge >= 0.3 is 0 Å². The maximum absolute atomic E-state index is 5.55. The van der Waals surface area contributed by atoms with Gasteiger partial charge in [-0.05, 0) is 47.8 Å². The smallest absolute Gasteiger partial charge is 0.106 e. The molecule has 1 aromatic heterocycles.